The van der Waals surface area contributed by atoms with Crippen LogP contribution in [0.5, 0.6) is 0 Å². The summed E-state index contributed by atoms with van der Waals surface area (Å²) in [6.07, 6.45) is -11.1. The topological polar surface area (TPSA) is 212 Å². The molecule has 1 aromatic carbocycles. The summed E-state index contributed by atoms with van der Waals surface area (Å²) >= 11 is -0.410. The van der Waals surface area contributed by atoms with Crippen molar-refractivity contribution in [1.29, 1.82) is 0 Å². The van der Waals surface area contributed by atoms with Gasteiger partial charge < -0.3 is 0 Å². The third-order valence-corrected chi connectivity index (χ3v) is 9.20. The molecule has 17 heteroatoms. The number of benzene rings is 1. The Bertz CT molecular complexity index is 1280. The van der Waals surface area contributed by atoms with Crippen LogP contribution in [0, 0.1) is 0 Å². The number of esters is 6. The molecule has 0 bridgehead atoms. The van der Waals surface area contributed by atoms with E-state index in [9.17, 15) is 28.8 Å². The number of hydrogen-bond donors (Lipinski definition) is 1. The van der Waals surface area contributed by atoms with E-state index in [-0.39, 0.29) is 6.61 Å². The minimum atomic E-state index is -1.65. The molecule has 0 radical (unpaired) electrons. The van der Waals surface area contributed by atoms with Gasteiger partial charge in [-0.1, -0.05) is 0 Å². The molecule has 16 nitrogen and oxygen atoms in total. The Labute approximate surface area is 277 Å². The van der Waals surface area contributed by atoms with Gasteiger partial charge in [0.25, 0.3) is 0 Å². The van der Waals surface area contributed by atoms with Crippen LogP contribution in [0.1, 0.15) is 41.5 Å². The molecule has 2 fully saturated rings. The van der Waals surface area contributed by atoms with Crippen molar-refractivity contribution in [2.45, 2.75) is 102 Å². The fraction of sp³-hybridized carbons (Fsp3) is 0.600. The van der Waals surface area contributed by atoms with E-state index in [2.05, 4.69) is 0 Å². The van der Waals surface area contributed by atoms with E-state index in [1.165, 1.54) is 13.8 Å². The average molecular weight is 733 g/mol. The molecule has 1 aromatic rings. The summed E-state index contributed by atoms with van der Waals surface area (Å²) in [7, 11) is 0. The number of nitrogens with two attached hydrogens (primary N) is 1. The van der Waals surface area contributed by atoms with Crippen molar-refractivity contribution >= 4 is 55.2 Å². The van der Waals surface area contributed by atoms with Crippen molar-refractivity contribution in [3.05, 3.63) is 30.3 Å². The third-order valence-electron chi connectivity index (χ3n) is 6.68. The molecule has 260 valence electrons. The van der Waals surface area contributed by atoms with Gasteiger partial charge in [0, 0.05) is 0 Å². The summed E-state index contributed by atoms with van der Waals surface area (Å²) in [5.74, 6) is -4.54. The van der Waals surface area contributed by atoms with Crippen molar-refractivity contribution in [2.75, 3.05) is 13.2 Å². The summed E-state index contributed by atoms with van der Waals surface area (Å²) < 4.78 is 52.1. The fourth-order valence-electron chi connectivity index (χ4n) is 4.95. The molecule has 2 saturated heterocycles. The van der Waals surface area contributed by atoms with Crippen LogP contribution < -0.4 is 10.2 Å². The van der Waals surface area contributed by atoms with E-state index in [4.69, 9.17) is 48.4 Å². The van der Waals surface area contributed by atoms with E-state index in [0.717, 1.165) is 32.2 Å². The van der Waals surface area contributed by atoms with Gasteiger partial charge in [-0.05, 0) is 0 Å². The number of ether oxygens (including phenoxy) is 9. The van der Waals surface area contributed by atoms with E-state index in [1.807, 2.05) is 30.3 Å². The predicted octanol–water partition coefficient (Wildman–Crippen LogP) is -0.969. The summed E-state index contributed by atoms with van der Waals surface area (Å²) in [6, 6.07) is 8.35. The Morgan fingerprint density at radius 3 is 1.60 bits per heavy atom. The first kappa shape index (κ1) is 37.9. The van der Waals surface area contributed by atoms with Gasteiger partial charge in [-0.15, -0.1) is 0 Å². The molecule has 2 heterocycles. The van der Waals surface area contributed by atoms with Crippen molar-refractivity contribution < 1.29 is 71.4 Å². The van der Waals surface area contributed by atoms with E-state index >= 15 is 0 Å². The van der Waals surface area contributed by atoms with Crippen LogP contribution >= 0.6 is 0 Å². The first-order valence-corrected chi connectivity index (χ1v) is 16.4. The van der Waals surface area contributed by atoms with Gasteiger partial charge in [0.05, 0.1) is 0 Å². The first-order valence-electron chi connectivity index (χ1n) is 14.6. The summed E-state index contributed by atoms with van der Waals surface area (Å²) in [5, 5.41) is -0.690. The molecular formula is C30H39NO15Se. The fourth-order valence-corrected chi connectivity index (χ4v) is 7.25. The van der Waals surface area contributed by atoms with Gasteiger partial charge in [-0.3, -0.25) is 0 Å². The van der Waals surface area contributed by atoms with Crippen LogP contribution in [0.3, 0.4) is 0 Å². The molecule has 10 atom stereocenters. The second-order valence-electron chi connectivity index (χ2n) is 10.6. The molecule has 47 heavy (non-hydrogen) atoms. The first-order chi connectivity index (χ1) is 22.2. The minimum absolute atomic E-state index is 0.364. The quantitative estimate of drug-likeness (QED) is 0.156. The Morgan fingerprint density at radius 2 is 1.09 bits per heavy atom. The molecule has 5 unspecified atom stereocenters. The number of rotatable bonds is 12. The van der Waals surface area contributed by atoms with Crippen molar-refractivity contribution in [1.82, 2.24) is 0 Å². The van der Waals surface area contributed by atoms with Crippen molar-refractivity contribution in [3.8, 4) is 0 Å². The molecule has 0 aliphatic carbocycles. The van der Waals surface area contributed by atoms with Crippen molar-refractivity contribution in [3.63, 3.8) is 0 Å². The maximum absolute atomic E-state index is 12.4. The van der Waals surface area contributed by atoms with E-state index in [0.29, 0.717) is 0 Å². The van der Waals surface area contributed by atoms with Crippen LogP contribution in [0.15, 0.2) is 30.3 Å². The summed E-state index contributed by atoms with van der Waals surface area (Å²) in [5.41, 5.74) is 6.64. The molecule has 2 N–H and O–H groups in total. The zero-order chi connectivity index (χ0) is 34.8. The zero-order valence-electron chi connectivity index (χ0n) is 26.7. The Hall–Kier alpha value is -3.60. The Morgan fingerprint density at radius 1 is 0.617 bits per heavy atom. The Balaban J connectivity index is 2.07. The van der Waals surface area contributed by atoms with Gasteiger partial charge in [0.1, 0.15) is 0 Å². The van der Waals surface area contributed by atoms with Gasteiger partial charge >= 0.3 is 278 Å². The summed E-state index contributed by atoms with van der Waals surface area (Å²) in [6.45, 7) is 5.90. The monoisotopic (exact) mass is 733 g/mol. The second kappa shape index (κ2) is 17.5. The van der Waals surface area contributed by atoms with Gasteiger partial charge in [0.15, 0.2) is 0 Å². The second-order valence-corrected chi connectivity index (χ2v) is 13.1. The molecule has 3 rings (SSSR count). The molecule has 0 aromatic heterocycles. The maximum atomic E-state index is 12.4. The Kier molecular flexibility index (Phi) is 14.1. The standard InChI is InChI=1S/C30H39NO15Se/c1-14(32)38-12-21-25(40-16(3)34)27(42-18(5)36)28(43-19(6)37)29(44-21)46-24-22(13-39-15(2)33)45-30(23(31)26(24)41-17(4)35)47-20-10-8-7-9-11-20/h7-11,21-30H,12-13,31H2,1-6H3/t21-,22?,23?,24+,25-,26?,27?,28?,29-,30+/m0/s1. The normalized spacial score (nSPS) is 30.3. The zero-order valence-corrected chi connectivity index (χ0v) is 28.4. The van der Waals surface area contributed by atoms with Crippen LogP contribution in [0.4, 0.5) is 0 Å². The molecule has 2 aliphatic heterocycles. The molecule has 0 amide bonds. The number of carbonyl (C=O) groups excluding carboxylic acids is 6. The third kappa shape index (κ3) is 11.3. The van der Waals surface area contributed by atoms with Gasteiger partial charge in [0.2, 0.25) is 0 Å². The average Bonchev–Trinajstić information content (AvgIpc) is 2.97. The van der Waals surface area contributed by atoms with E-state index < -0.39 is 117 Å². The SMILES string of the molecule is CC(=O)OCC1O[C@H]([Se]c2ccccc2)C(N)C(OC(C)=O)[C@@H]1O[C@@H]1O[C@@H](COC(C)=O)[C@H](OC(C)=O)C(OC(C)=O)C1OC(C)=O. The molecule has 0 spiro atoms. The van der Waals surface area contributed by atoms with E-state index in [1.54, 1.807) is 0 Å². The summed E-state index contributed by atoms with van der Waals surface area (Å²) in [4.78, 5) is 72.5. The van der Waals surface area contributed by atoms with Crippen LogP contribution in [0.2, 0.25) is 0 Å². The molecule has 2 aliphatic rings. The molecule has 0 saturated carbocycles. The number of carbonyl (C=O) groups is 6. The predicted molar refractivity (Wildman–Crippen MR) is 157 cm³/mol. The van der Waals surface area contributed by atoms with Gasteiger partial charge in [-0.2, -0.15) is 0 Å². The molecular weight excluding hydrogens is 693 g/mol. The van der Waals surface area contributed by atoms with Crippen LogP contribution in [-0.4, -0.2) is 124 Å². The van der Waals surface area contributed by atoms with Crippen molar-refractivity contribution in [2.24, 2.45) is 5.73 Å². The number of hydrogen-bond acceptors (Lipinski definition) is 16. The van der Waals surface area contributed by atoms with Gasteiger partial charge in [-0.25, -0.2) is 0 Å². The van der Waals surface area contributed by atoms with Crippen LogP contribution in [0.25, 0.3) is 0 Å². The van der Waals surface area contributed by atoms with Crippen LogP contribution in [-0.2, 0) is 71.4 Å².